The fourth-order valence-corrected chi connectivity index (χ4v) is 2.50. The zero-order valence-corrected chi connectivity index (χ0v) is 11.9. The van der Waals surface area contributed by atoms with Gasteiger partial charge in [0.05, 0.1) is 22.1 Å². The van der Waals surface area contributed by atoms with Crippen molar-refractivity contribution < 1.29 is 4.79 Å². The molecule has 2 heterocycles. The van der Waals surface area contributed by atoms with E-state index in [2.05, 4.69) is 15.0 Å². The average Bonchev–Trinajstić information content (AvgIpc) is 3.06. The minimum atomic E-state index is -0.163. The van der Waals surface area contributed by atoms with Crippen molar-refractivity contribution in [1.82, 2.24) is 19.5 Å². The van der Waals surface area contributed by atoms with E-state index in [9.17, 15) is 4.79 Å². The first-order valence-corrected chi connectivity index (χ1v) is 6.92. The lowest BCUT2D eigenvalue weighted by Crippen LogP contribution is -2.11. The summed E-state index contributed by atoms with van der Waals surface area (Å²) in [5.74, 6) is -0.163. The van der Waals surface area contributed by atoms with Gasteiger partial charge in [0.25, 0.3) is 5.91 Å². The summed E-state index contributed by atoms with van der Waals surface area (Å²) in [6.45, 7) is 2.01. The largest absolute Gasteiger partial charge is 0.272 e. The lowest BCUT2D eigenvalue weighted by Gasteiger charge is -2.07. The molecule has 0 atom stereocenters. The predicted molar refractivity (Wildman–Crippen MR) is 83.7 cm³/mol. The molecule has 0 aliphatic rings. The van der Waals surface area contributed by atoms with Crippen LogP contribution in [0.5, 0.6) is 0 Å². The van der Waals surface area contributed by atoms with Crippen LogP contribution in [0.1, 0.15) is 15.9 Å². The minimum absolute atomic E-state index is 0.163. The maximum Gasteiger partial charge on any atom is 0.265 e. The van der Waals surface area contributed by atoms with E-state index in [0.29, 0.717) is 16.6 Å². The molecule has 0 amide bonds. The van der Waals surface area contributed by atoms with E-state index in [1.54, 1.807) is 18.5 Å². The second-order valence-corrected chi connectivity index (χ2v) is 5.16. The minimum Gasteiger partial charge on any atom is -0.272 e. The van der Waals surface area contributed by atoms with Crippen molar-refractivity contribution in [2.75, 3.05) is 0 Å². The summed E-state index contributed by atoms with van der Waals surface area (Å²) < 4.78 is 1.44. The van der Waals surface area contributed by atoms with Gasteiger partial charge in [-0.25, -0.2) is 15.0 Å². The van der Waals surface area contributed by atoms with Crippen LogP contribution in [0.2, 0.25) is 0 Å². The van der Waals surface area contributed by atoms with Crippen molar-refractivity contribution in [3.05, 3.63) is 66.2 Å². The smallest absolute Gasteiger partial charge is 0.265 e. The SMILES string of the molecule is Cc1ccc2nc3cccc(C(=O)n4ccnc4)c3nc2c1. The molecule has 5 nitrogen and oxygen atoms in total. The molecule has 0 bridgehead atoms. The number of benzene rings is 2. The van der Waals surface area contributed by atoms with Crippen molar-refractivity contribution in [3.63, 3.8) is 0 Å². The number of hydrogen-bond acceptors (Lipinski definition) is 4. The third-order valence-corrected chi connectivity index (χ3v) is 3.59. The lowest BCUT2D eigenvalue weighted by molar-refractivity contribution is 0.0961. The van der Waals surface area contributed by atoms with E-state index in [1.165, 1.54) is 10.9 Å². The number of carbonyl (C=O) groups is 1. The normalized spacial score (nSPS) is 11.1. The van der Waals surface area contributed by atoms with Gasteiger partial charge in [0, 0.05) is 12.4 Å². The highest BCUT2D eigenvalue weighted by Gasteiger charge is 2.14. The Morgan fingerprint density at radius 3 is 2.77 bits per heavy atom. The first kappa shape index (κ1) is 12.6. The number of hydrogen-bond donors (Lipinski definition) is 0. The summed E-state index contributed by atoms with van der Waals surface area (Å²) in [4.78, 5) is 25.8. The van der Waals surface area contributed by atoms with Gasteiger partial charge in [-0.15, -0.1) is 0 Å². The topological polar surface area (TPSA) is 60.7 Å². The molecule has 4 aromatic rings. The first-order valence-electron chi connectivity index (χ1n) is 6.92. The number of rotatable bonds is 1. The highest BCUT2D eigenvalue weighted by Crippen LogP contribution is 2.21. The van der Waals surface area contributed by atoms with Crippen LogP contribution in [-0.4, -0.2) is 25.4 Å². The zero-order chi connectivity index (χ0) is 15.1. The number of nitrogens with zero attached hydrogens (tertiary/aromatic N) is 4. The van der Waals surface area contributed by atoms with Gasteiger partial charge in [-0.05, 0) is 36.8 Å². The van der Waals surface area contributed by atoms with Gasteiger partial charge in [-0.1, -0.05) is 12.1 Å². The van der Waals surface area contributed by atoms with Gasteiger partial charge in [0.2, 0.25) is 0 Å². The molecule has 0 saturated heterocycles. The van der Waals surface area contributed by atoms with E-state index in [1.807, 2.05) is 37.3 Å². The monoisotopic (exact) mass is 288 g/mol. The average molecular weight is 288 g/mol. The maximum atomic E-state index is 12.6. The predicted octanol–water partition coefficient (Wildman–Crippen LogP) is 2.98. The molecule has 0 saturated carbocycles. The highest BCUT2D eigenvalue weighted by molar-refractivity contribution is 6.06. The van der Waals surface area contributed by atoms with E-state index in [4.69, 9.17) is 0 Å². The van der Waals surface area contributed by atoms with Crippen LogP contribution in [0.4, 0.5) is 0 Å². The molecule has 0 unspecified atom stereocenters. The Bertz CT molecular complexity index is 1010. The van der Waals surface area contributed by atoms with Crippen LogP contribution in [-0.2, 0) is 0 Å². The van der Waals surface area contributed by atoms with Crippen LogP contribution < -0.4 is 0 Å². The Balaban J connectivity index is 2.01. The maximum absolute atomic E-state index is 12.6. The molecular weight excluding hydrogens is 276 g/mol. The molecule has 2 aromatic heterocycles. The number of imidazole rings is 1. The number of para-hydroxylation sites is 1. The summed E-state index contributed by atoms with van der Waals surface area (Å²) in [5.41, 5.74) is 4.57. The summed E-state index contributed by atoms with van der Waals surface area (Å²) in [5, 5.41) is 0. The Labute approximate surface area is 126 Å². The van der Waals surface area contributed by atoms with Gasteiger partial charge >= 0.3 is 0 Å². The highest BCUT2D eigenvalue weighted by atomic mass is 16.2. The number of carbonyl (C=O) groups excluding carboxylic acids is 1. The van der Waals surface area contributed by atoms with E-state index >= 15 is 0 Å². The molecular formula is C17H12N4O. The van der Waals surface area contributed by atoms with Crippen molar-refractivity contribution in [1.29, 1.82) is 0 Å². The van der Waals surface area contributed by atoms with Crippen LogP contribution in [0, 0.1) is 6.92 Å². The first-order chi connectivity index (χ1) is 10.7. The Morgan fingerprint density at radius 1 is 1.05 bits per heavy atom. The lowest BCUT2D eigenvalue weighted by atomic mass is 10.1. The van der Waals surface area contributed by atoms with Crippen molar-refractivity contribution in [2.45, 2.75) is 6.92 Å². The standard InChI is InChI=1S/C17H12N4O/c1-11-5-6-13-15(9-11)20-16-12(3-2-4-14(16)19-13)17(22)21-8-7-18-10-21/h2-10H,1H3. The van der Waals surface area contributed by atoms with Crippen molar-refractivity contribution >= 4 is 28.0 Å². The molecule has 5 heteroatoms. The summed E-state index contributed by atoms with van der Waals surface area (Å²) in [6.07, 6.45) is 4.69. The third kappa shape index (κ3) is 1.95. The van der Waals surface area contributed by atoms with Crippen LogP contribution in [0.25, 0.3) is 22.1 Å². The Morgan fingerprint density at radius 2 is 1.95 bits per heavy atom. The van der Waals surface area contributed by atoms with E-state index in [0.717, 1.165) is 16.6 Å². The summed E-state index contributed by atoms with van der Waals surface area (Å²) in [6, 6.07) is 11.4. The molecule has 106 valence electrons. The van der Waals surface area contributed by atoms with Crippen LogP contribution >= 0.6 is 0 Å². The third-order valence-electron chi connectivity index (χ3n) is 3.59. The van der Waals surface area contributed by atoms with E-state index < -0.39 is 0 Å². The molecule has 4 rings (SSSR count). The van der Waals surface area contributed by atoms with Crippen LogP contribution in [0.3, 0.4) is 0 Å². The fourth-order valence-electron chi connectivity index (χ4n) is 2.50. The fraction of sp³-hybridized carbons (Fsp3) is 0.0588. The Hall–Kier alpha value is -3.08. The number of fused-ring (bicyclic) bond motifs is 2. The molecule has 0 radical (unpaired) electrons. The number of aryl methyl sites for hydroxylation is 1. The summed E-state index contributed by atoms with van der Waals surface area (Å²) >= 11 is 0. The van der Waals surface area contributed by atoms with E-state index in [-0.39, 0.29) is 5.91 Å². The number of aromatic nitrogens is 4. The second-order valence-electron chi connectivity index (χ2n) is 5.16. The van der Waals surface area contributed by atoms with Gasteiger partial charge in [-0.3, -0.25) is 9.36 Å². The van der Waals surface area contributed by atoms with Crippen molar-refractivity contribution in [2.24, 2.45) is 0 Å². The molecule has 0 aliphatic carbocycles. The van der Waals surface area contributed by atoms with Crippen LogP contribution in [0.15, 0.2) is 55.1 Å². The quantitative estimate of drug-likeness (QED) is 0.505. The van der Waals surface area contributed by atoms with Gasteiger partial charge < -0.3 is 0 Å². The van der Waals surface area contributed by atoms with Gasteiger partial charge in [0.1, 0.15) is 11.8 Å². The molecule has 0 aliphatic heterocycles. The van der Waals surface area contributed by atoms with Gasteiger partial charge in [0.15, 0.2) is 0 Å². The van der Waals surface area contributed by atoms with Gasteiger partial charge in [-0.2, -0.15) is 0 Å². The molecule has 2 aromatic carbocycles. The van der Waals surface area contributed by atoms with Crippen molar-refractivity contribution in [3.8, 4) is 0 Å². The molecule has 0 fully saturated rings. The molecule has 0 spiro atoms. The molecule has 22 heavy (non-hydrogen) atoms. The second kappa shape index (κ2) is 4.73. The Kier molecular flexibility index (Phi) is 2.72. The zero-order valence-electron chi connectivity index (χ0n) is 11.9. The summed E-state index contributed by atoms with van der Waals surface area (Å²) in [7, 11) is 0. The molecule has 0 N–H and O–H groups in total.